The van der Waals surface area contributed by atoms with E-state index in [1.807, 2.05) is 18.2 Å². The first kappa shape index (κ1) is 15.8. The zero-order valence-electron chi connectivity index (χ0n) is 13.5. The fourth-order valence-electron chi connectivity index (χ4n) is 3.64. The first-order valence-corrected chi connectivity index (χ1v) is 10.0. The number of ether oxygens (including phenoxy) is 1. The van der Waals surface area contributed by atoms with E-state index in [0.717, 1.165) is 48.3 Å². The minimum atomic E-state index is -3.22. The van der Waals surface area contributed by atoms with Crippen LogP contribution in [0.2, 0.25) is 0 Å². The largest absolute Gasteiger partial charge is 0.381 e. The standard InChI is InChI=1S/C19H21NO3S/c21-24(22)13-19-17(12-20-24)2-1-3-18(19)16-6-4-14(5-7-16)15-8-10-23-11-9-15/h1-7,15,20H,8-13H2. The minimum absolute atomic E-state index is 0.0558. The van der Waals surface area contributed by atoms with Crippen molar-refractivity contribution in [3.8, 4) is 11.1 Å². The molecule has 4 rings (SSSR count). The summed E-state index contributed by atoms with van der Waals surface area (Å²) in [5.41, 5.74) is 5.45. The summed E-state index contributed by atoms with van der Waals surface area (Å²) >= 11 is 0. The minimum Gasteiger partial charge on any atom is -0.381 e. The molecule has 0 radical (unpaired) electrons. The molecule has 1 fully saturated rings. The molecule has 0 saturated carbocycles. The fraction of sp³-hybridized carbons (Fsp3) is 0.368. The van der Waals surface area contributed by atoms with Gasteiger partial charge < -0.3 is 4.74 Å². The maximum atomic E-state index is 11.9. The smallest absolute Gasteiger partial charge is 0.216 e. The van der Waals surface area contributed by atoms with Gasteiger partial charge in [-0.05, 0) is 46.6 Å². The predicted octanol–water partition coefficient (Wildman–Crippen LogP) is 3.18. The fourth-order valence-corrected chi connectivity index (χ4v) is 4.83. The monoisotopic (exact) mass is 343 g/mol. The van der Waals surface area contributed by atoms with Crippen LogP contribution in [0.15, 0.2) is 42.5 Å². The zero-order chi connectivity index (χ0) is 16.6. The summed E-state index contributed by atoms with van der Waals surface area (Å²) in [6.07, 6.45) is 2.15. The van der Waals surface area contributed by atoms with Gasteiger partial charge in [0.05, 0.1) is 5.75 Å². The van der Waals surface area contributed by atoms with E-state index in [1.54, 1.807) is 0 Å². The molecule has 1 saturated heterocycles. The summed E-state index contributed by atoms with van der Waals surface area (Å²) in [6, 6.07) is 14.6. The molecule has 2 aliphatic rings. The number of nitrogens with one attached hydrogen (secondary N) is 1. The second kappa shape index (κ2) is 6.31. The molecule has 0 bridgehead atoms. The summed E-state index contributed by atoms with van der Waals surface area (Å²) in [4.78, 5) is 0. The number of fused-ring (bicyclic) bond motifs is 1. The van der Waals surface area contributed by atoms with Gasteiger partial charge in [0.2, 0.25) is 10.0 Å². The van der Waals surface area contributed by atoms with Crippen LogP contribution in [0.1, 0.15) is 35.4 Å². The Kier molecular flexibility index (Phi) is 4.16. The molecule has 2 aromatic rings. The molecule has 2 heterocycles. The Hall–Kier alpha value is -1.69. The summed E-state index contributed by atoms with van der Waals surface area (Å²) in [7, 11) is -3.22. The molecule has 0 spiro atoms. The number of hydrogen-bond acceptors (Lipinski definition) is 3. The average Bonchev–Trinajstić information content (AvgIpc) is 2.61. The quantitative estimate of drug-likeness (QED) is 0.911. The van der Waals surface area contributed by atoms with Crippen LogP contribution in [-0.4, -0.2) is 21.6 Å². The van der Waals surface area contributed by atoms with Gasteiger partial charge in [0.1, 0.15) is 0 Å². The Morgan fingerprint density at radius 1 is 1.00 bits per heavy atom. The van der Waals surface area contributed by atoms with Crippen molar-refractivity contribution >= 4 is 10.0 Å². The average molecular weight is 343 g/mol. The molecule has 0 aliphatic carbocycles. The number of hydrogen-bond donors (Lipinski definition) is 1. The normalized spacial score (nSPS) is 20.5. The van der Waals surface area contributed by atoms with Crippen LogP contribution < -0.4 is 4.72 Å². The van der Waals surface area contributed by atoms with Gasteiger partial charge in [-0.1, -0.05) is 42.5 Å². The van der Waals surface area contributed by atoms with Gasteiger partial charge in [-0.2, -0.15) is 0 Å². The SMILES string of the molecule is O=S1(=O)Cc2c(cccc2-c2ccc(C3CCOCC3)cc2)CN1. The van der Waals surface area contributed by atoms with Gasteiger partial charge in [-0.15, -0.1) is 0 Å². The molecule has 24 heavy (non-hydrogen) atoms. The van der Waals surface area contributed by atoms with Crippen LogP contribution in [0.4, 0.5) is 0 Å². The molecule has 2 aromatic carbocycles. The molecule has 0 unspecified atom stereocenters. The van der Waals surface area contributed by atoms with Crippen molar-refractivity contribution in [3.05, 3.63) is 59.2 Å². The van der Waals surface area contributed by atoms with Crippen LogP contribution in [0.25, 0.3) is 11.1 Å². The highest BCUT2D eigenvalue weighted by atomic mass is 32.2. The van der Waals surface area contributed by atoms with E-state index >= 15 is 0 Å². The van der Waals surface area contributed by atoms with Gasteiger partial charge in [0, 0.05) is 19.8 Å². The summed E-state index contributed by atoms with van der Waals surface area (Å²) in [5, 5.41) is 0. The Morgan fingerprint density at radius 2 is 1.75 bits per heavy atom. The Morgan fingerprint density at radius 3 is 2.50 bits per heavy atom. The summed E-state index contributed by atoms with van der Waals surface area (Å²) in [5.74, 6) is 0.627. The van der Waals surface area contributed by atoms with Crippen LogP contribution in [0.3, 0.4) is 0 Å². The lowest BCUT2D eigenvalue weighted by Crippen LogP contribution is -2.30. The molecule has 4 nitrogen and oxygen atoms in total. The first-order chi connectivity index (χ1) is 11.6. The van der Waals surface area contributed by atoms with Gasteiger partial charge in [-0.3, -0.25) is 0 Å². The Balaban J connectivity index is 1.67. The molecular formula is C19H21NO3S. The second-order valence-corrected chi connectivity index (χ2v) is 8.34. The lowest BCUT2D eigenvalue weighted by atomic mass is 9.89. The first-order valence-electron chi connectivity index (χ1n) is 8.38. The van der Waals surface area contributed by atoms with Crippen molar-refractivity contribution in [1.29, 1.82) is 0 Å². The van der Waals surface area contributed by atoms with E-state index in [9.17, 15) is 8.42 Å². The third kappa shape index (κ3) is 3.11. The molecule has 1 N–H and O–H groups in total. The van der Waals surface area contributed by atoms with E-state index < -0.39 is 10.0 Å². The molecule has 2 aliphatic heterocycles. The van der Waals surface area contributed by atoms with Crippen molar-refractivity contribution in [2.45, 2.75) is 31.1 Å². The number of sulfonamides is 1. The second-order valence-electron chi connectivity index (χ2n) is 6.53. The molecule has 5 heteroatoms. The lowest BCUT2D eigenvalue weighted by molar-refractivity contribution is 0.0853. The highest BCUT2D eigenvalue weighted by molar-refractivity contribution is 7.88. The Bertz CT molecular complexity index is 837. The van der Waals surface area contributed by atoms with E-state index in [4.69, 9.17) is 4.74 Å². The van der Waals surface area contributed by atoms with Gasteiger partial charge in [0.15, 0.2) is 0 Å². The Labute approximate surface area is 142 Å². The van der Waals surface area contributed by atoms with E-state index in [0.29, 0.717) is 12.5 Å². The molecule has 126 valence electrons. The van der Waals surface area contributed by atoms with Crippen LogP contribution in [0.5, 0.6) is 0 Å². The van der Waals surface area contributed by atoms with Crippen molar-refractivity contribution in [3.63, 3.8) is 0 Å². The van der Waals surface area contributed by atoms with Crippen LogP contribution in [0, 0.1) is 0 Å². The van der Waals surface area contributed by atoms with Gasteiger partial charge >= 0.3 is 0 Å². The van der Waals surface area contributed by atoms with Crippen molar-refractivity contribution in [2.75, 3.05) is 13.2 Å². The van der Waals surface area contributed by atoms with E-state index in [1.165, 1.54) is 5.56 Å². The highest BCUT2D eigenvalue weighted by Gasteiger charge is 2.23. The van der Waals surface area contributed by atoms with E-state index in [-0.39, 0.29) is 5.75 Å². The van der Waals surface area contributed by atoms with Crippen molar-refractivity contribution in [2.24, 2.45) is 0 Å². The summed E-state index contributed by atoms with van der Waals surface area (Å²) < 4.78 is 31.9. The topological polar surface area (TPSA) is 55.4 Å². The van der Waals surface area contributed by atoms with Crippen molar-refractivity contribution in [1.82, 2.24) is 4.72 Å². The molecule has 0 amide bonds. The molecule has 0 atom stereocenters. The van der Waals surface area contributed by atoms with Crippen LogP contribution in [-0.2, 0) is 27.1 Å². The maximum Gasteiger partial charge on any atom is 0.216 e. The lowest BCUT2D eigenvalue weighted by Gasteiger charge is -2.23. The number of rotatable bonds is 2. The van der Waals surface area contributed by atoms with Gasteiger partial charge in [-0.25, -0.2) is 13.1 Å². The summed E-state index contributed by atoms with van der Waals surface area (Å²) in [6.45, 7) is 2.05. The van der Waals surface area contributed by atoms with Gasteiger partial charge in [0.25, 0.3) is 0 Å². The van der Waals surface area contributed by atoms with E-state index in [2.05, 4.69) is 29.0 Å². The number of benzene rings is 2. The zero-order valence-corrected chi connectivity index (χ0v) is 14.3. The molecular weight excluding hydrogens is 322 g/mol. The predicted molar refractivity (Wildman–Crippen MR) is 94.1 cm³/mol. The third-order valence-corrected chi connectivity index (χ3v) is 6.26. The molecule has 0 aromatic heterocycles. The van der Waals surface area contributed by atoms with Crippen LogP contribution >= 0.6 is 0 Å². The van der Waals surface area contributed by atoms with Crippen molar-refractivity contribution < 1.29 is 13.2 Å². The third-order valence-electron chi connectivity index (χ3n) is 5.00. The highest BCUT2D eigenvalue weighted by Crippen LogP contribution is 2.32. The maximum absolute atomic E-state index is 11.9.